The molecule has 4 heteroatoms. The van der Waals surface area contributed by atoms with Crippen molar-refractivity contribution >= 4 is 5.91 Å². The fourth-order valence-electron chi connectivity index (χ4n) is 1.85. The van der Waals surface area contributed by atoms with Gasteiger partial charge in [-0.2, -0.15) is 0 Å². The Balaban J connectivity index is 2.78. The van der Waals surface area contributed by atoms with Gasteiger partial charge in [-0.25, -0.2) is 0 Å². The van der Waals surface area contributed by atoms with Crippen LogP contribution in [0.25, 0.3) is 0 Å². The lowest BCUT2D eigenvalue weighted by atomic mass is 9.98. The molecule has 0 aromatic carbocycles. The maximum absolute atomic E-state index is 12.3. The van der Waals surface area contributed by atoms with Gasteiger partial charge in [0.15, 0.2) is 0 Å². The van der Waals surface area contributed by atoms with Crippen LogP contribution in [-0.4, -0.2) is 42.1 Å². The fraction of sp³-hybridized carbons (Fsp3) is 0.750. The van der Waals surface area contributed by atoms with Crippen molar-refractivity contribution in [1.29, 1.82) is 0 Å². The highest BCUT2D eigenvalue weighted by Crippen LogP contribution is 2.21. The Kier molecular flexibility index (Phi) is 4.10. The Morgan fingerprint density at radius 2 is 2.19 bits per heavy atom. The summed E-state index contributed by atoms with van der Waals surface area (Å²) in [6.07, 6.45) is 1.74. The molecular weight excluding hydrogens is 204 g/mol. The van der Waals surface area contributed by atoms with E-state index in [1.165, 1.54) is 0 Å². The summed E-state index contributed by atoms with van der Waals surface area (Å²) in [5.74, 6) is -0.142. The van der Waals surface area contributed by atoms with Crippen LogP contribution in [0.15, 0.2) is 12.7 Å². The van der Waals surface area contributed by atoms with Crippen LogP contribution in [0.2, 0.25) is 0 Å². The van der Waals surface area contributed by atoms with Crippen molar-refractivity contribution in [2.75, 3.05) is 19.8 Å². The van der Waals surface area contributed by atoms with Gasteiger partial charge in [0.25, 0.3) is 0 Å². The lowest BCUT2D eigenvalue weighted by Crippen LogP contribution is -2.51. The van der Waals surface area contributed by atoms with Crippen LogP contribution in [0.1, 0.15) is 20.8 Å². The molecule has 1 amide bonds. The highest BCUT2D eigenvalue weighted by molar-refractivity contribution is 5.81. The number of nitrogens with zero attached hydrogens (tertiary/aromatic N) is 1. The van der Waals surface area contributed by atoms with Crippen molar-refractivity contribution in [3.05, 3.63) is 12.7 Å². The highest BCUT2D eigenvalue weighted by Gasteiger charge is 2.37. The van der Waals surface area contributed by atoms with Crippen molar-refractivity contribution < 1.29 is 9.53 Å². The van der Waals surface area contributed by atoms with Gasteiger partial charge in [0, 0.05) is 18.1 Å². The average Bonchev–Trinajstić information content (AvgIpc) is 2.58. The predicted molar refractivity (Wildman–Crippen MR) is 63.9 cm³/mol. The van der Waals surface area contributed by atoms with E-state index in [0.717, 1.165) is 0 Å². The summed E-state index contributed by atoms with van der Waals surface area (Å²) in [7, 11) is 0. The van der Waals surface area contributed by atoms with Crippen molar-refractivity contribution in [1.82, 2.24) is 4.90 Å². The first-order chi connectivity index (χ1) is 7.38. The van der Waals surface area contributed by atoms with E-state index in [9.17, 15) is 4.79 Å². The molecule has 0 aliphatic carbocycles. The molecule has 1 fully saturated rings. The van der Waals surface area contributed by atoms with Gasteiger partial charge < -0.3 is 15.4 Å². The number of hydrogen-bond donors (Lipinski definition) is 1. The molecule has 16 heavy (non-hydrogen) atoms. The molecule has 1 aliphatic rings. The first-order valence-electron chi connectivity index (χ1n) is 5.63. The third-order valence-electron chi connectivity index (χ3n) is 2.83. The zero-order chi connectivity index (χ0) is 12.3. The van der Waals surface area contributed by atoms with Gasteiger partial charge in [-0.05, 0) is 20.8 Å². The van der Waals surface area contributed by atoms with Crippen LogP contribution in [0.5, 0.6) is 0 Å². The zero-order valence-corrected chi connectivity index (χ0v) is 10.4. The molecule has 2 atom stereocenters. The smallest absolute Gasteiger partial charge is 0.230 e. The van der Waals surface area contributed by atoms with Gasteiger partial charge in [0.05, 0.1) is 19.1 Å². The topological polar surface area (TPSA) is 55.6 Å². The molecule has 0 spiro atoms. The number of amides is 1. The predicted octanol–water partition coefficient (Wildman–Crippen LogP) is 0.773. The van der Waals surface area contributed by atoms with Crippen LogP contribution in [-0.2, 0) is 9.53 Å². The maximum Gasteiger partial charge on any atom is 0.230 e. The maximum atomic E-state index is 12.3. The molecule has 92 valence electrons. The van der Waals surface area contributed by atoms with E-state index in [0.29, 0.717) is 19.8 Å². The second-order valence-electron chi connectivity index (χ2n) is 5.22. The summed E-state index contributed by atoms with van der Waals surface area (Å²) in [6, 6.07) is -0.179. The van der Waals surface area contributed by atoms with Gasteiger partial charge in [-0.15, -0.1) is 6.58 Å². The van der Waals surface area contributed by atoms with E-state index in [1.807, 2.05) is 20.8 Å². The number of rotatable bonds is 3. The van der Waals surface area contributed by atoms with Crippen LogP contribution in [0.4, 0.5) is 0 Å². The number of carbonyl (C=O) groups is 1. The first kappa shape index (κ1) is 13.2. The second-order valence-corrected chi connectivity index (χ2v) is 5.22. The third kappa shape index (κ3) is 2.83. The zero-order valence-electron chi connectivity index (χ0n) is 10.4. The van der Waals surface area contributed by atoms with Crippen LogP contribution in [0, 0.1) is 5.92 Å². The fourth-order valence-corrected chi connectivity index (χ4v) is 1.85. The van der Waals surface area contributed by atoms with Gasteiger partial charge in [-0.1, -0.05) is 6.08 Å². The minimum Gasteiger partial charge on any atom is -0.379 e. The number of carbonyl (C=O) groups excluding carboxylic acids is 1. The standard InChI is InChI=1S/C12H22N2O2/c1-5-6-14(12(2,3)4)11(15)9-7-16-8-10(9)13/h5,9-10H,1,6-8,13H2,2-4H3. The highest BCUT2D eigenvalue weighted by atomic mass is 16.5. The van der Waals surface area contributed by atoms with E-state index in [4.69, 9.17) is 10.5 Å². The number of nitrogens with two attached hydrogens (primary N) is 1. The van der Waals surface area contributed by atoms with E-state index in [-0.39, 0.29) is 23.4 Å². The van der Waals surface area contributed by atoms with Gasteiger partial charge >= 0.3 is 0 Å². The molecular formula is C12H22N2O2. The number of ether oxygens (including phenoxy) is 1. The molecule has 0 saturated carbocycles. The first-order valence-corrected chi connectivity index (χ1v) is 5.63. The summed E-state index contributed by atoms with van der Waals surface area (Å²) in [5.41, 5.74) is 5.64. The molecule has 1 rings (SSSR count). The number of hydrogen-bond acceptors (Lipinski definition) is 3. The molecule has 2 N–H and O–H groups in total. The van der Waals surface area contributed by atoms with Crippen molar-refractivity contribution in [3.63, 3.8) is 0 Å². The monoisotopic (exact) mass is 226 g/mol. The van der Waals surface area contributed by atoms with Crippen molar-refractivity contribution in [2.45, 2.75) is 32.4 Å². The molecule has 2 unspecified atom stereocenters. The molecule has 0 radical (unpaired) electrons. The molecule has 1 saturated heterocycles. The summed E-state index contributed by atoms with van der Waals surface area (Å²) >= 11 is 0. The molecule has 1 aliphatic heterocycles. The van der Waals surface area contributed by atoms with Crippen molar-refractivity contribution in [3.8, 4) is 0 Å². The minimum atomic E-state index is -0.215. The van der Waals surface area contributed by atoms with E-state index < -0.39 is 0 Å². The van der Waals surface area contributed by atoms with Crippen molar-refractivity contribution in [2.24, 2.45) is 11.7 Å². The Labute approximate surface area is 97.4 Å². The Morgan fingerprint density at radius 1 is 1.56 bits per heavy atom. The summed E-state index contributed by atoms with van der Waals surface area (Å²) in [6.45, 7) is 11.2. The summed E-state index contributed by atoms with van der Waals surface area (Å²) < 4.78 is 5.23. The molecule has 0 aromatic rings. The Bertz CT molecular complexity index is 271. The van der Waals surface area contributed by atoms with Gasteiger partial charge in [-0.3, -0.25) is 4.79 Å². The minimum absolute atomic E-state index is 0.0670. The molecule has 1 heterocycles. The normalized spacial score (nSPS) is 25.5. The quantitative estimate of drug-likeness (QED) is 0.723. The second kappa shape index (κ2) is 4.97. The van der Waals surface area contributed by atoms with Crippen LogP contribution in [0.3, 0.4) is 0 Å². The SMILES string of the molecule is C=CCN(C(=O)C1COCC1N)C(C)(C)C. The molecule has 0 bridgehead atoms. The van der Waals surface area contributed by atoms with Gasteiger partial charge in [0.1, 0.15) is 0 Å². The average molecular weight is 226 g/mol. The van der Waals surface area contributed by atoms with E-state index in [1.54, 1.807) is 11.0 Å². The summed E-state index contributed by atoms with van der Waals surface area (Å²) in [5, 5.41) is 0. The lowest BCUT2D eigenvalue weighted by Gasteiger charge is -2.37. The molecule has 4 nitrogen and oxygen atoms in total. The van der Waals surface area contributed by atoms with Gasteiger partial charge in [0.2, 0.25) is 5.91 Å². The third-order valence-corrected chi connectivity index (χ3v) is 2.83. The van der Waals surface area contributed by atoms with E-state index in [2.05, 4.69) is 6.58 Å². The Morgan fingerprint density at radius 3 is 2.56 bits per heavy atom. The summed E-state index contributed by atoms with van der Waals surface area (Å²) in [4.78, 5) is 14.1. The lowest BCUT2D eigenvalue weighted by molar-refractivity contribution is -0.139. The van der Waals surface area contributed by atoms with Crippen LogP contribution < -0.4 is 5.73 Å². The van der Waals surface area contributed by atoms with Crippen LogP contribution >= 0.6 is 0 Å². The molecule has 0 aromatic heterocycles. The Hall–Kier alpha value is -0.870. The van der Waals surface area contributed by atoms with E-state index >= 15 is 0 Å². The largest absolute Gasteiger partial charge is 0.379 e.